The molecule has 1 N–H and O–H groups in total. The van der Waals surface area contributed by atoms with E-state index in [1.165, 1.54) is 0 Å². The predicted octanol–water partition coefficient (Wildman–Crippen LogP) is 3.99. The molecule has 0 bridgehead atoms. The van der Waals surface area contributed by atoms with Crippen LogP contribution in [0.2, 0.25) is 0 Å². The summed E-state index contributed by atoms with van der Waals surface area (Å²) >= 11 is 0. The van der Waals surface area contributed by atoms with Gasteiger partial charge in [-0.2, -0.15) is 0 Å². The predicted molar refractivity (Wildman–Crippen MR) is 71.0 cm³/mol. The van der Waals surface area contributed by atoms with Crippen molar-refractivity contribution in [1.82, 2.24) is 9.97 Å². The maximum Gasteiger partial charge on any atom is 0.134 e. The number of aromatic amines is 1. The first-order chi connectivity index (χ1) is 8.68. The topological polar surface area (TPSA) is 28.7 Å². The summed E-state index contributed by atoms with van der Waals surface area (Å²) in [6.07, 6.45) is 1.64. The highest BCUT2D eigenvalue weighted by molar-refractivity contribution is 5.93. The third kappa shape index (κ3) is 1.51. The van der Waals surface area contributed by atoms with Crippen LogP contribution in [-0.4, -0.2) is 9.97 Å². The van der Waals surface area contributed by atoms with Crippen molar-refractivity contribution in [3.05, 3.63) is 53.6 Å². The molecule has 0 atom stereocenters. The molecule has 0 amide bonds. The summed E-state index contributed by atoms with van der Waals surface area (Å²) in [6.45, 7) is 3.76. The Morgan fingerprint density at radius 2 is 1.89 bits per heavy atom. The number of hydrogen-bond donors (Lipinski definition) is 1. The number of aromatic nitrogens is 2. The van der Waals surface area contributed by atoms with E-state index in [1.807, 2.05) is 31.2 Å². The number of imidazole rings is 1. The van der Waals surface area contributed by atoms with Gasteiger partial charge in [-0.05, 0) is 31.0 Å². The molecule has 0 aliphatic carbocycles. The number of hydrogen-bond acceptors (Lipinski definition) is 1. The molecule has 0 spiro atoms. The highest BCUT2D eigenvalue weighted by atomic mass is 19.1. The smallest absolute Gasteiger partial charge is 0.134 e. The van der Waals surface area contributed by atoms with E-state index in [0.29, 0.717) is 11.1 Å². The fraction of sp³-hybridized carbons (Fsp3) is 0.133. The summed E-state index contributed by atoms with van der Waals surface area (Å²) in [6, 6.07) is 9.38. The minimum absolute atomic E-state index is 0.164. The van der Waals surface area contributed by atoms with Crippen LogP contribution in [0, 0.1) is 19.7 Å². The maximum atomic E-state index is 14.3. The van der Waals surface area contributed by atoms with Crippen molar-refractivity contribution in [3.8, 4) is 11.1 Å². The lowest BCUT2D eigenvalue weighted by molar-refractivity contribution is 0.622. The van der Waals surface area contributed by atoms with Crippen LogP contribution in [0.3, 0.4) is 0 Å². The Morgan fingerprint density at radius 1 is 1.06 bits per heavy atom. The number of nitrogens with one attached hydrogen (secondary N) is 1. The first kappa shape index (κ1) is 11.0. The standard InChI is InChI=1S/C15H13FN2/c1-9-6-7-12-15(18-8-17-12)13(9)11-5-3-4-10(2)14(11)16/h3-8H,1-2H3,(H,17,18). The molecule has 0 aliphatic heterocycles. The number of fused-ring (bicyclic) bond motifs is 1. The second kappa shape index (κ2) is 3.95. The molecular weight excluding hydrogens is 227 g/mol. The molecule has 0 aliphatic rings. The van der Waals surface area contributed by atoms with Crippen LogP contribution in [0.15, 0.2) is 36.7 Å². The van der Waals surface area contributed by atoms with E-state index in [9.17, 15) is 4.39 Å². The summed E-state index contributed by atoms with van der Waals surface area (Å²) in [5.41, 5.74) is 4.96. The minimum Gasteiger partial charge on any atom is -0.344 e. The molecule has 0 unspecified atom stereocenters. The summed E-state index contributed by atoms with van der Waals surface area (Å²) in [4.78, 5) is 7.32. The second-order valence-electron chi connectivity index (χ2n) is 4.49. The van der Waals surface area contributed by atoms with Crippen molar-refractivity contribution >= 4 is 11.0 Å². The monoisotopic (exact) mass is 240 g/mol. The quantitative estimate of drug-likeness (QED) is 0.684. The third-order valence-electron chi connectivity index (χ3n) is 3.27. The van der Waals surface area contributed by atoms with Crippen molar-refractivity contribution in [2.24, 2.45) is 0 Å². The van der Waals surface area contributed by atoms with E-state index in [1.54, 1.807) is 19.3 Å². The van der Waals surface area contributed by atoms with Crippen LogP contribution in [0.5, 0.6) is 0 Å². The van der Waals surface area contributed by atoms with E-state index >= 15 is 0 Å². The normalized spacial score (nSPS) is 11.1. The van der Waals surface area contributed by atoms with Gasteiger partial charge in [-0.25, -0.2) is 9.37 Å². The Balaban J connectivity index is 2.40. The Hall–Kier alpha value is -2.16. The van der Waals surface area contributed by atoms with Gasteiger partial charge in [0.25, 0.3) is 0 Å². The molecule has 3 aromatic rings. The number of benzene rings is 2. The summed E-state index contributed by atoms with van der Waals surface area (Å²) < 4.78 is 14.3. The zero-order valence-electron chi connectivity index (χ0n) is 10.3. The Bertz CT molecular complexity index is 728. The number of rotatable bonds is 1. The average molecular weight is 240 g/mol. The van der Waals surface area contributed by atoms with E-state index in [-0.39, 0.29) is 5.82 Å². The molecule has 3 heteroatoms. The lowest BCUT2D eigenvalue weighted by atomic mass is 9.97. The number of halogens is 1. The fourth-order valence-corrected chi connectivity index (χ4v) is 2.30. The first-order valence-corrected chi connectivity index (χ1v) is 5.86. The molecule has 3 rings (SSSR count). The van der Waals surface area contributed by atoms with Crippen LogP contribution in [0.25, 0.3) is 22.2 Å². The molecule has 90 valence electrons. The molecule has 2 nitrogen and oxygen atoms in total. The third-order valence-corrected chi connectivity index (χ3v) is 3.27. The van der Waals surface area contributed by atoms with E-state index < -0.39 is 0 Å². The van der Waals surface area contributed by atoms with Gasteiger partial charge in [-0.15, -0.1) is 0 Å². The van der Waals surface area contributed by atoms with Crippen LogP contribution in [0.4, 0.5) is 4.39 Å². The largest absolute Gasteiger partial charge is 0.344 e. The SMILES string of the molecule is Cc1cccc(-c2c(C)ccc3nc[nH]c23)c1F. The van der Waals surface area contributed by atoms with Gasteiger partial charge in [0, 0.05) is 11.1 Å². The molecule has 2 aromatic carbocycles. The van der Waals surface area contributed by atoms with Crippen LogP contribution < -0.4 is 0 Å². The number of nitrogens with zero attached hydrogens (tertiary/aromatic N) is 1. The average Bonchev–Trinajstić information content (AvgIpc) is 2.82. The van der Waals surface area contributed by atoms with Crippen molar-refractivity contribution in [1.29, 1.82) is 0 Å². The number of aryl methyl sites for hydroxylation is 2. The molecule has 0 fully saturated rings. The Morgan fingerprint density at radius 3 is 2.72 bits per heavy atom. The summed E-state index contributed by atoms with van der Waals surface area (Å²) in [7, 11) is 0. The van der Waals surface area contributed by atoms with Gasteiger partial charge in [0.05, 0.1) is 17.4 Å². The van der Waals surface area contributed by atoms with Gasteiger partial charge >= 0.3 is 0 Å². The van der Waals surface area contributed by atoms with Gasteiger partial charge < -0.3 is 4.98 Å². The molecule has 18 heavy (non-hydrogen) atoms. The van der Waals surface area contributed by atoms with Gasteiger partial charge in [-0.3, -0.25) is 0 Å². The van der Waals surface area contributed by atoms with Crippen LogP contribution in [-0.2, 0) is 0 Å². The molecule has 1 heterocycles. The van der Waals surface area contributed by atoms with Crippen molar-refractivity contribution in [2.45, 2.75) is 13.8 Å². The minimum atomic E-state index is -0.164. The zero-order valence-corrected chi connectivity index (χ0v) is 10.3. The highest BCUT2D eigenvalue weighted by Gasteiger charge is 2.14. The maximum absolute atomic E-state index is 14.3. The van der Waals surface area contributed by atoms with Gasteiger partial charge in [-0.1, -0.05) is 24.3 Å². The zero-order chi connectivity index (χ0) is 12.7. The summed E-state index contributed by atoms with van der Waals surface area (Å²) in [5, 5.41) is 0. The molecular formula is C15H13FN2. The molecule has 0 radical (unpaired) electrons. The van der Waals surface area contributed by atoms with E-state index in [4.69, 9.17) is 0 Å². The number of H-pyrrole nitrogens is 1. The van der Waals surface area contributed by atoms with Crippen molar-refractivity contribution < 1.29 is 4.39 Å². The fourth-order valence-electron chi connectivity index (χ4n) is 2.30. The van der Waals surface area contributed by atoms with E-state index in [0.717, 1.165) is 22.2 Å². The first-order valence-electron chi connectivity index (χ1n) is 5.86. The molecule has 0 saturated heterocycles. The van der Waals surface area contributed by atoms with Gasteiger partial charge in [0.15, 0.2) is 0 Å². The van der Waals surface area contributed by atoms with Gasteiger partial charge in [0.1, 0.15) is 5.82 Å². The van der Waals surface area contributed by atoms with Crippen LogP contribution >= 0.6 is 0 Å². The molecule has 1 aromatic heterocycles. The second-order valence-corrected chi connectivity index (χ2v) is 4.49. The Kier molecular flexibility index (Phi) is 2.40. The van der Waals surface area contributed by atoms with Gasteiger partial charge in [0.2, 0.25) is 0 Å². The van der Waals surface area contributed by atoms with Crippen molar-refractivity contribution in [3.63, 3.8) is 0 Å². The van der Waals surface area contributed by atoms with Crippen molar-refractivity contribution in [2.75, 3.05) is 0 Å². The summed E-state index contributed by atoms with van der Waals surface area (Å²) in [5.74, 6) is -0.164. The lowest BCUT2D eigenvalue weighted by Gasteiger charge is -2.10. The highest BCUT2D eigenvalue weighted by Crippen LogP contribution is 2.32. The van der Waals surface area contributed by atoms with E-state index in [2.05, 4.69) is 9.97 Å². The lowest BCUT2D eigenvalue weighted by Crippen LogP contribution is -1.92. The van der Waals surface area contributed by atoms with Crippen LogP contribution in [0.1, 0.15) is 11.1 Å². The Labute approximate surface area is 104 Å². The molecule has 0 saturated carbocycles.